The van der Waals surface area contributed by atoms with Gasteiger partial charge in [-0.3, -0.25) is 14.4 Å². The van der Waals surface area contributed by atoms with Crippen LogP contribution in [0.3, 0.4) is 0 Å². The number of allylic oxidation sites excluding steroid dienone is 1. The van der Waals surface area contributed by atoms with Crippen molar-refractivity contribution in [1.82, 2.24) is 5.32 Å². The molecule has 0 aliphatic carbocycles. The lowest BCUT2D eigenvalue weighted by molar-refractivity contribution is -0.150. The summed E-state index contributed by atoms with van der Waals surface area (Å²) in [6.45, 7) is 0. The summed E-state index contributed by atoms with van der Waals surface area (Å²) in [5.41, 5.74) is 1.37. The second kappa shape index (κ2) is 11.0. The van der Waals surface area contributed by atoms with E-state index in [0.717, 1.165) is 16.2 Å². The summed E-state index contributed by atoms with van der Waals surface area (Å²) in [5, 5.41) is 15.5. The average molecular weight is 530 g/mol. The highest BCUT2D eigenvalue weighted by Crippen LogP contribution is 2.40. The van der Waals surface area contributed by atoms with Crippen LogP contribution in [0.5, 0.6) is 5.75 Å². The molecule has 1 aliphatic heterocycles. The molecule has 1 heterocycles. The van der Waals surface area contributed by atoms with Crippen LogP contribution in [0.15, 0.2) is 63.6 Å². The molecule has 8 nitrogen and oxygen atoms in total. The Morgan fingerprint density at radius 3 is 2.55 bits per heavy atom. The molecule has 0 unspecified atom stereocenters. The summed E-state index contributed by atoms with van der Waals surface area (Å²) >= 11 is 4.40. The zero-order valence-electron chi connectivity index (χ0n) is 17.8. The highest BCUT2D eigenvalue weighted by molar-refractivity contribution is 9.10. The van der Waals surface area contributed by atoms with Crippen molar-refractivity contribution in [3.63, 3.8) is 0 Å². The maximum Gasteiger partial charge on any atom is 0.319 e. The van der Waals surface area contributed by atoms with E-state index in [1.54, 1.807) is 55.6 Å². The Hall–Kier alpha value is -3.29. The first-order chi connectivity index (χ1) is 15.9. The number of carbonyl (C=O) groups excluding carboxylic acids is 3. The van der Waals surface area contributed by atoms with Crippen molar-refractivity contribution < 1.29 is 23.9 Å². The van der Waals surface area contributed by atoms with Crippen molar-refractivity contribution in [3.8, 4) is 11.8 Å². The molecule has 2 amide bonds. The number of nitrogens with one attached hydrogen (secondary N) is 2. The minimum atomic E-state index is -1.23. The van der Waals surface area contributed by atoms with E-state index in [1.165, 1.54) is 7.11 Å². The van der Waals surface area contributed by atoms with Gasteiger partial charge in [0.1, 0.15) is 11.7 Å². The lowest BCUT2D eigenvalue weighted by Crippen LogP contribution is -2.44. The fourth-order valence-corrected chi connectivity index (χ4v) is 4.65. The molecule has 2 aromatic rings. The Labute approximate surface area is 203 Å². The number of rotatable bonds is 7. The van der Waals surface area contributed by atoms with E-state index < -0.39 is 23.7 Å². The summed E-state index contributed by atoms with van der Waals surface area (Å²) < 4.78 is 10.7. The second-order valence-electron chi connectivity index (χ2n) is 6.94. The molecule has 33 heavy (non-hydrogen) atoms. The molecule has 0 bridgehead atoms. The van der Waals surface area contributed by atoms with Crippen molar-refractivity contribution in [3.05, 3.63) is 69.2 Å². The molecule has 3 rings (SSSR count). The Balaban J connectivity index is 1.86. The van der Waals surface area contributed by atoms with E-state index in [2.05, 4.69) is 32.6 Å². The average Bonchev–Trinajstić information content (AvgIpc) is 2.82. The molecule has 0 spiro atoms. The van der Waals surface area contributed by atoms with Gasteiger partial charge in [-0.05, 0) is 42.0 Å². The number of halogens is 1. The first-order valence-electron chi connectivity index (χ1n) is 9.73. The van der Waals surface area contributed by atoms with E-state index in [-0.39, 0.29) is 22.3 Å². The normalized spacial score (nSPS) is 17.6. The number of nitrogens with zero attached hydrogens (tertiary/aromatic N) is 1. The number of nitriles is 1. The monoisotopic (exact) mass is 529 g/mol. The fourth-order valence-electron chi connectivity index (χ4n) is 3.39. The van der Waals surface area contributed by atoms with Crippen molar-refractivity contribution in [2.24, 2.45) is 5.92 Å². The van der Waals surface area contributed by atoms with Gasteiger partial charge in [-0.1, -0.05) is 39.8 Å². The Kier molecular flexibility index (Phi) is 8.14. The third-order valence-electron chi connectivity index (χ3n) is 4.91. The largest absolute Gasteiger partial charge is 0.497 e. The lowest BCUT2D eigenvalue weighted by Gasteiger charge is -2.31. The van der Waals surface area contributed by atoms with Crippen molar-refractivity contribution >= 4 is 51.2 Å². The third-order valence-corrected chi connectivity index (χ3v) is 6.42. The number of ether oxygens (including phenoxy) is 2. The predicted molar refractivity (Wildman–Crippen MR) is 127 cm³/mol. The molecule has 0 aromatic heterocycles. The minimum absolute atomic E-state index is 0.0546. The van der Waals surface area contributed by atoms with Gasteiger partial charge >= 0.3 is 5.97 Å². The molecule has 0 fully saturated rings. The summed E-state index contributed by atoms with van der Waals surface area (Å²) in [4.78, 5) is 37.7. The van der Waals surface area contributed by atoms with E-state index >= 15 is 0 Å². The minimum Gasteiger partial charge on any atom is -0.497 e. The number of hydrogen-bond acceptors (Lipinski definition) is 7. The zero-order chi connectivity index (χ0) is 24.0. The van der Waals surface area contributed by atoms with Gasteiger partial charge in [-0.25, -0.2) is 0 Å². The zero-order valence-corrected chi connectivity index (χ0v) is 20.2. The molecular weight excluding hydrogens is 510 g/mol. The number of thioether (sulfide) groups is 1. The topological polar surface area (TPSA) is 118 Å². The number of methoxy groups -OCH3 is 2. The Morgan fingerprint density at radius 2 is 1.94 bits per heavy atom. The molecule has 1 aliphatic rings. The predicted octanol–water partition coefficient (Wildman–Crippen LogP) is 3.57. The van der Waals surface area contributed by atoms with Crippen LogP contribution in [0.25, 0.3) is 0 Å². The smallest absolute Gasteiger partial charge is 0.319 e. The van der Waals surface area contributed by atoms with E-state index in [4.69, 9.17) is 9.47 Å². The van der Waals surface area contributed by atoms with Crippen molar-refractivity contribution in [2.45, 2.75) is 5.92 Å². The van der Waals surface area contributed by atoms with E-state index in [0.29, 0.717) is 17.0 Å². The first kappa shape index (κ1) is 24.4. The lowest BCUT2D eigenvalue weighted by atomic mass is 9.78. The summed E-state index contributed by atoms with van der Waals surface area (Å²) in [7, 11) is 2.74. The molecule has 170 valence electrons. The van der Waals surface area contributed by atoms with Gasteiger partial charge in [-0.15, -0.1) is 0 Å². The molecule has 2 atom stereocenters. The number of hydrogen-bond donors (Lipinski definition) is 2. The van der Waals surface area contributed by atoms with Crippen LogP contribution in [0.1, 0.15) is 11.5 Å². The third kappa shape index (κ3) is 5.74. The van der Waals surface area contributed by atoms with Crippen LogP contribution in [-0.4, -0.2) is 37.8 Å². The molecule has 2 aromatic carbocycles. The van der Waals surface area contributed by atoms with Gasteiger partial charge in [-0.2, -0.15) is 5.26 Å². The maximum absolute atomic E-state index is 12.8. The number of anilines is 1. The van der Waals surface area contributed by atoms with Crippen molar-refractivity contribution in [2.75, 3.05) is 25.3 Å². The van der Waals surface area contributed by atoms with Gasteiger partial charge in [0.15, 0.2) is 0 Å². The molecule has 0 radical (unpaired) electrons. The molecule has 2 N–H and O–H groups in total. The molecule has 0 saturated heterocycles. The highest BCUT2D eigenvalue weighted by atomic mass is 79.9. The SMILES string of the molecule is COC(=O)[C@@H]1C(=O)NC(SCC(=O)Nc2ccc(OC)cc2)=C(C#N)[C@@H]1c1cccc(Br)c1. The van der Waals surface area contributed by atoms with Gasteiger partial charge in [0.25, 0.3) is 0 Å². The van der Waals surface area contributed by atoms with Crippen LogP contribution in [0, 0.1) is 17.2 Å². The van der Waals surface area contributed by atoms with Crippen LogP contribution in [0.2, 0.25) is 0 Å². The molecule has 0 saturated carbocycles. The summed E-state index contributed by atoms with van der Waals surface area (Å²) in [5.74, 6) is -3.12. The quantitative estimate of drug-likeness (QED) is 0.415. The Bertz CT molecular complexity index is 1140. The number of esters is 1. The van der Waals surface area contributed by atoms with Crippen LogP contribution < -0.4 is 15.4 Å². The van der Waals surface area contributed by atoms with Gasteiger partial charge in [0.05, 0.1) is 36.6 Å². The van der Waals surface area contributed by atoms with Gasteiger partial charge < -0.3 is 20.1 Å². The molecule has 10 heteroatoms. The van der Waals surface area contributed by atoms with Crippen LogP contribution >= 0.6 is 27.7 Å². The van der Waals surface area contributed by atoms with Gasteiger partial charge in [0, 0.05) is 16.1 Å². The van der Waals surface area contributed by atoms with Crippen LogP contribution in [-0.2, 0) is 19.1 Å². The number of carbonyl (C=O) groups is 3. The fraction of sp³-hybridized carbons (Fsp3) is 0.217. The van der Waals surface area contributed by atoms with Gasteiger partial charge in [0.2, 0.25) is 11.8 Å². The van der Waals surface area contributed by atoms with Crippen molar-refractivity contribution in [1.29, 1.82) is 5.26 Å². The second-order valence-corrected chi connectivity index (χ2v) is 8.84. The van der Waals surface area contributed by atoms with E-state index in [1.807, 2.05) is 0 Å². The Morgan fingerprint density at radius 1 is 1.21 bits per heavy atom. The molecular formula is C23H20BrN3O5S. The summed E-state index contributed by atoms with van der Waals surface area (Å²) in [6, 6.07) is 16.0. The van der Waals surface area contributed by atoms with Crippen LogP contribution in [0.4, 0.5) is 5.69 Å². The maximum atomic E-state index is 12.8. The van der Waals surface area contributed by atoms with E-state index in [9.17, 15) is 19.6 Å². The number of benzene rings is 2. The summed E-state index contributed by atoms with van der Waals surface area (Å²) in [6.07, 6.45) is 0. The first-order valence-corrected chi connectivity index (χ1v) is 11.5. The highest BCUT2D eigenvalue weighted by Gasteiger charge is 2.44. The number of amides is 2. The standard InChI is InChI=1S/C23H20BrN3O5S/c1-31-16-8-6-15(7-9-16)26-18(28)12-33-22-17(11-25)19(13-4-3-5-14(24)10-13)20(21(29)27-22)23(30)32-2/h3-10,19-20H,12H2,1-2H3,(H,26,28)(H,27,29)/t19-,20-/m0/s1.